The molecule has 0 aliphatic heterocycles. The predicted molar refractivity (Wildman–Crippen MR) is 108 cm³/mol. The zero-order chi connectivity index (χ0) is 19.2. The van der Waals surface area contributed by atoms with Gasteiger partial charge in [0.1, 0.15) is 5.69 Å². The lowest BCUT2D eigenvalue weighted by Crippen LogP contribution is -2.31. The van der Waals surface area contributed by atoms with Gasteiger partial charge in [-0.05, 0) is 28.8 Å². The van der Waals surface area contributed by atoms with Crippen molar-refractivity contribution in [2.45, 2.75) is 13.1 Å². The van der Waals surface area contributed by atoms with E-state index in [-0.39, 0.29) is 5.91 Å². The molecule has 0 bridgehead atoms. The predicted octanol–water partition coefficient (Wildman–Crippen LogP) is 4.31. The molecule has 1 N–H and O–H groups in total. The summed E-state index contributed by atoms with van der Waals surface area (Å²) >= 11 is 0. The van der Waals surface area contributed by atoms with Crippen molar-refractivity contribution >= 4 is 5.91 Å². The number of rotatable bonds is 6. The molecule has 0 saturated carbocycles. The summed E-state index contributed by atoms with van der Waals surface area (Å²) in [5, 5.41) is 0. The second-order valence-corrected chi connectivity index (χ2v) is 6.48. The number of nitrogens with zero attached hydrogens (tertiary/aromatic N) is 3. The Kier molecular flexibility index (Phi) is 5.24. The van der Waals surface area contributed by atoms with E-state index >= 15 is 0 Å². The van der Waals surface area contributed by atoms with E-state index in [2.05, 4.69) is 39.2 Å². The standard InChI is InChI=1S/C23H20N4O/c28-23(22-12-6-7-13-25-22)27(16-20-14-24-17-26-20)15-19-10-4-5-11-21(19)18-8-2-1-3-9-18/h1-14,17H,15-16H2,(H,24,26). The van der Waals surface area contributed by atoms with Gasteiger partial charge in [-0.25, -0.2) is 4.98 Å². The van der Waals surface area contributed by atoms with Crippen molar-refractivity contribution < 1.29 is 4.79 Å². The van der Waals surface area contributed by atoms with Crippen LogP contribution in [0.3, 0.4) is 0 Å². The number of pyridine rings is 1. The molecule has 138 valence electrons. The fourth-order valence-corrected chi connectivity index (χ4v) is 3.19. The molecule has 0 atom stereocenters. The van der Waals surface area contributed by atoms with Crippen molar-refractivity contribution in [2.24, 2.45) is 0 Å². The minimum Gasteiger partial charge on any atom is -0.347 e. The van der Waals surface area contributed by atoms with Crippen LogP contribution in [0.25, 0.3) is 11.1 Å². The van der Waals surface area contributed by atoms with Gasteiger partial charge in [-0.1, -0.05) is 60.7 Å². The smallest absolute Gasteiger partial charge is 0.273 e. The summed E-state index contributed by atoms with van der Waals surface area (Å²) in [4.78, 5) is 26.3. The fourth-order valence-electron chi connectivity index (χ4n) is 3.19. The van der Waals surface area contributed by atoms with Gasteiger partial charge in [0.05, 0.1) is 18.6 Å². The second-order valence-electron chi connectivity index (χ2n) is 6.48. The Bertz CT molecular complexity index is 1030. The van der Waals surface area contributed by atoms with Gasteiger partial charge in [-0.15, -0.1) is 0 Å². The van der Waals surface area contributed by atoms with Crippen LogP contribution in [0.5, 0.6) is 0 Å². The third kappa shape index (κ3) is 3.99. The van der Waals surface area contributed by atoms with E-state index in [0.29, 0.717) is 18.8 Å². The average Bonchev–Trinajstić information content (AvgIpc) is 3.27. The van der Waals surface area contributed by atoms with Crippen LogP contribution in [0.1, 0.15) is 21.7 Å². The van der Waals surface area contributed by atoms with Crippen molar-refractivity contribution in [3.8, 4) is 11.1 Å². The van der Waals surface area contributed by atoms with Gasteiger partial charge >= 0.3 is 0 Å². The van der Waals surface area contributed by atoms with E-state index in [1.54, 1.807) is 35.8 Å². The van der Waals surface area contributed by atoms with E-state index in [1.807, 2.05) is 36.4 Å². The summed E-state index contributed by atoms with van der Waals surface area (Å²) in [6, 6.07) is 23.8. The normalized spacial score (nSPS) is 10.6. The first-order valence-electron chi connectivity index (χ1n) is 9.12. The first-order chi connectivity index (χ1) is 13.8. The molecular formula is C23H20N4O. The maximum atomic E-state index is 13.2. The lowest BCUT2D eigenvalue weighted by molar-refractivity contribution is 0.0722. The summed E-state index contributed by atoms with van der Waals surface area (Å²) in [5.41, 5.74) is 4.63. The highest BCUT2D eigenvalue weighted by Gasteiger charge is 2.19. The number of amides is 1. The number of carbonyl (C=O) groups excluding carboxylic acids is 1. The molecule has 1 amide bonds. The number of aromatic nitrogens is 3. The van der Waals surface area contributed by atoms with Gasteiger partial charge in [0.15, 0.2) is 0 Å². The number of carbonyl (C=O) groups is 1. The Morgan fingerprint density at radius 2 is 1.68 bits per heavy atom. The van der Waals surface area contributed by atoms with Gasteiger partial charge in [-0.2, -0.15) is 0 Å². The van der Waals surface area contributed by atoms with Crippen molar-refractivity contribution in [1.29, 1.82) is 0 Å². The molecule has 0 fully saturated rings. The molecule has 2 aromatic heterocycles. The van der Waals surface area contributed by atoms with Gasteiger partial charge in [0.25, 0.3) is 5.91 Å². The zero-order valence-corrected chi connectivity index (χ0v) is 15.3. The number of H-pyrrole nitrogens is 1. The summed E-state index contributed by atoms with van der Waals surface area (Å²) < 4.78 is 0. The topological polar surface area (TPSA) is 61.9 Å². The molecule has 2 aromatic carbocycles. The molecule has 0 radical (unpaired) electrons. The SMILES string of the molecule is O=C(c1ccccn1)N(Cc1cnc[nH]1)Cc1ccccc1-c1ccccc1. The number of imidazole rings is 1. The molecule has 0 saturated heterocycles. The van der Waals surface area contributed by atoms with Crippen LogP contribution < -0.4 is 0 Å². The van der Waals surface area contributed by atoms with Crippen molar-refractivity contribution in [1.82, 2.24) is 19.9 Å². The number of hydrogen-bond donors (Lipinski definition) is 1. The average molecular weight is 368 g/mol. The third-order valence-electron chi connectivity index (χ3n) is 4.55. The molecule has 5 heteroatoms. The largest absolute Gasteiger partial charge is 0.347 e. The molecule has 0 unspecified atom stereocenters. The highest BCUT2D eigenvalue weighted by atomic mass is 16.2. The number of nitrogens with one attached hydrogen (secondary N) is 1. The zero-order valence-electron chi connectivity index (χ0n) is 15.3. The van der Waals surface area contributed by atoms with E-state index in [9.17, 15) is 4.79 Å². The Balaban J connectivity index is 1.68. The van der Waals surface area contributed by atoms with Crippen molar-refractivity contribution in [3.05, 3.63) is 108 Å². The van der Waals surface area contributed by atoms with Crippen LogP contribution in [-0.2, 0) is 13.1 Å². The van der Waals surface area contributed by atoms with Gasteiger partial charge in [0, 0.05) is 18.9 Å². The van der Waals surface area contributed by atoms with Crippen LogP contribution in [0.15, 0.2) is 91.5 Å². The second kappa shape index (κ2) is 8.31. The fraction of sp³-hybridized carbons (Fsp3) is 0.0870. The van der Waals surface area contributed by atoms with Crippen LogP contribution in [-0.4, -0.2) is 25.8 Å². The molecule has 2 heterocycles. The highest BCUT2D eigenvalue weighted by molar-refractivity contribution is 5.92. The highest BCUT2D eigenvalue weighted by Crippen LogP contribution is 2.25. The van der Waals surface area contributed by atoms with E-state index < -0.39 is 0 Å². The maximum Gasteiger partial charge on any atom is 0.273 e. The van der Waals surface area contributed by atoms with E-state index in [4.69, 9.17) is 0 Å². The maximum absolute atomic E-state index is 13.2. The molecule has 28 heavy (non-hydrogen) atoms. The Hall–Kier alpha value is -3.73. The van der Waals surface area contributed by atoms with Crippen LogP contribution >= 0.6 is 0 Å². The van der Waals surface area contributed by atoms with Crippen molar-refractivity contribution in [2.75, 3.05) is 0 Å². The minimum atomic E-state index is -0.113. The summed E-state index contributed by atoms with van der Waals surface area (Å²) in [6.07, 6.45) is 5.00. The van der Waals surface area contributed by atoms with Gasteiger partial charge < -0.3 is 9.88 Å². The minimum absolute atomic E-state index is 0.113. The summed E-state index contributed by atoms with van der Waals surface area (Å²) in [5.74, 6) is -0.113. The molecule has 5 nitrogen and oxygen atoms in total. The Labute approximate surface area is 163 Å². The van der Waals surface area contributed by atoms with Crippen molar-refractivity contribution in [3.63, 3.8) is 0 Å². The molecule has 0 aliphatic carbocycles. The third-order valence-corrected chi connectivity index (χ3v) is 4.55. The lowest BCUT2D eigenvalue weighted by atomic mass is 9.99. The van der Waals surface area contributed by atoms with Crippen LogP contribution in [0.2, 0.25) is 0 Å². The molecular weight excluding hydrogens is 348 g/mol. The first-order valence-corrected chi connectivity index (χ1v) is 9.12. The Morgan fingerprint density at radius 3 is 2.43 bits per heavy atom. The quantitative estimate of drug-likeness (QED) is 0.551. The van der Waals surface area contributed by atoms with Gasteiger partial charge in [0.2, 0.25) is 0 Å². The van der Waals surface area contributed by atoms with E-state index in [0.717, 1.165) is 22.4 Å². The molecule has 4 aromatic rings. The number of hydrogen-bond acceptors (Lipinski definition) is 3. The molecule has 0 spiro atoms. The van der Waals surface area contributed by atoms with Crippen LogP contribution in [0, 0.1) is 0 Å². The first kappa shape index (κ1) is 17.7. The van der Waals surface area contributed by atoms with Crippen LogP contribution in [0.4, 0.5) is 0 Å². The van der Waals surface area contributed by atoms with E-state index in [1.165, 1.54) is 0 Å². The number of benzene rings is 2. The Morgan fingerprint density at radius 1 is 0.893 bits per heavy atom. The monoisotopic (exact) mass is 368 g/mol. The summed E-state index contributed by atoms with van der Waals surface area (Å²) in [7, 11) is 0. The molecule has 0 aliphatic rings. The summed E-state index contributed by atoms with van der Waals surface area (Å²) in [6.45, 7) is 0.901. The van der Waals surface area contributed by atoms with Gasteiger partial charge in [-0.3, -0.25) is 9.78 Å². The molecule has 4 rings (SSSR count). The number of aromatic amines is 1. The lowest BCUT2D eigenvalue weighted by Gasteiger charge is -2.23.